The van der Waals surface area contributed by atoms with Gasteiger partial charge < -0.3 is 0 Å². The Morgan fingerprint density at radius 1 is 1.54 bits per heavy atom. The molecule has 0 aliphatic carbocycles. The lowest BCUT2D eigenvalue weighted by atomic mass is 10.0. The molecule has 1 unspecified atom stereocenters. The smallest absolute Gasteiger partial charge is 0.0363 e. The highest BCUT2D eigenvalue weighted by Gasteiger charge is 2.27. The van der Waals surface area contributed by atoms with Gasteiger partial charge in [-0.3, -0.25) is 9.88 Å². The highest BCUT2D eigenvalue weighted by Crippen LogP contribution is 2.32. The van der Waals surface area contributed by atoms with Crippen molar-refractivity contribution in [3.8, 4) is 0 Å². The first kappa shape index (κ1) is 8.70. The Labute approximate surface area is 79.6 Å². The summed E-state index contributed by atoms with van der Waals surface area (Å²) in [4.78, 5) is 6.58. The number of hydrogen-bond acceptors (Lipinski definition) is 2. The molecule has 2 atom stereocenters. The minimum Gasteiger partial charge on any atom is -0.299 e. The van der Waals surface area contributed by atoms with Crippen LogP contribution in [0.1, 0.15) is 24.9 Å². The zero-order valence-electron chi connectivity index (χ0n) is 8.27. The van der Waals surface area contributed by atoms with Crippen LogP contribution in [0.3, 0.4) is 0 Å². The molecule has 2 rings (SSSR count). The van der Waals surface area contributed by atoms with Crippen molar-refractivity contribution in [1.82, 2.24) is 9.88 Å². The average Bonchev–Trinajstić information content (AvgIpc) is 2.47. The summed E-state index contributed by atoms with van der Waals surface area (Å²) in [6, 6.07) is 4.78. The first-order chi connectivity index (χ1) is 6.27. The summed E-state index contributed by atoms with van der Waals surface area (Å²) in [5.41, 5.74) is 1.36. The largest absolute Gasteiger partial charge is 0.299 e. The van der Waals surface area contributed by atoms with Gasteiger partial charge in [-0.2, -0.15) is 0 Å². The van der Waals surface area contributed by atoms with Gasteiger partial charge in [-0.15, -0.1) is 0 Å². The second kappa shape index (κ2) is 3.46. The molecule has 1 aliphatic heterocycles. The zero-order chi connectivity index (χ0) is 9.26. The van der Waals surface area contributed by atoms with E-state index in [9.17, 15) is 0 Å². The monoisotopic (exact) mass is 176 g/mol. The quantitative estimate of drug-likeness (QED) is 0.651. The first-order valence-corrected chi connectivity index (χ1v) is 4.87. The number of aromatic nitrogens is 1. The average molecular weight is 176 g/mol. The summed E-state index contributed by atoms with van der Waals surface area (Å²) in [5.74, 6) is 0.815. The summed E-state index contributed by atoms with van der Waals surface area (Å²) in [7, 11) is 2.20. The van der Waals surface area contributed by atoms with Crippen LogP contribution >= 0.6 is 0 Å². The number of likely N-dealkylation sites (tertiary alicyclic amines) is 1. The van der Waals surface area contributed by atoms with Crippen LogP contribution < -0.4 is 0 Å². The van der Waals surface area contributed by atoms with Crippen molar-refractivity contribution in [2.24, 2.45) is 5.92 Å². The van der Waals surface area contributed by atoms with E-state index in [0.717, 1.165) is 5.92 Å². The topological polar surface area (TPSA) is 16.1 Å². The molecule has 1 saturated heterocycles. The molecule has 0 saturated carbocycles. The van der Waals surface area contributed by atoms with Gasteiger partial charge in [-0.25, -0.2) is 0 Å². The molecule has 0 bridgehead atoms. The van der Waals surface area contributed by atoms with E-state index in [1.54, 1.807) is 0 Å². The normalized spacial score (nSPS) is 29.4. The van der Waals surface area contributed by atoms with Crippen LogP contribution in [0.15, 0.2) is 24.5 Å². The van der Waals surface area contributed by atoms with E-state index in [-0.39, 0.29) is 0 Å². The Bertz CT molecular complexity index is 271. The number of hydrogen-bond donors (Lipinski definition) is 0. The molecule has 2 heteroatoms. The van der Waals surface area contributed by atoms with Gasteiger partial charge in [-0.05, 0) is 31.0 Å². The van der Waals surface area contributed by atoms with E-state index in [1.165, 1.54) is 18.5 Å². The van der Waals surface area contributed by atoms with Crippen molar-refractivity contribution in [1.29, 1.82) is 0 Å². The molecule has 0 N–H and O–H groups in total. The molecule has 13 heavy (non-hydrogen) atoms. The van der Waals surface area contributed by atoms with Crippen molar-refractivity contribution in [2.75, 3.05) is 13.6 Å². The Kier molecular flexibility index (Phi) is 2.32. The van der Waals surface area contributed by atoms with Gasteiger partial charge in [-0.1, -0.05) is 13.0 Å². The molecule has 70 valence electrons. The summed E-state index contributed by atoms with van der Waals surface area (Å²) in [6.45, 7) is 3.52. The third-order valence-corrected chi connectivity index (χ3v) is 2.83. The second-order valence-electron chi connectivity index (χ2n) is 4.08. The van der Waals surface area contributed by atoms with E-state index in [1.807, 2.05) is 18.5 Å². The maximum atomic E-state index is 4.16. The highest BCUT2D eigenvalue weighted by atomic mass is 15.2. The van der Waals surface area contributed by atoms with Crippen LogP contribution in [0, 0.1) is 5.92 Å². The van der Waals surface area contributed by atoms with Crippen molar-refractivity contribution in [2.45, 2.75) is 19.4 Å². The standard InChI is InChI=1S/C11H16N2/c1-9-6-11(13(2)8-9)10-4-3-5-12-7-10/h3-5,7,9,11H,6,8H2,1-2H3/t9?,11-/m0/s1. The lowest BCUT2D eigenvalue weighted by molar-refractivity contribution is 0.314. The number of rotatable bonds is 1. The van der Waals surface area contributed by atoms with Crippen LogP contribution in [0.2, 0.25) is 0 Å². The van der Waals surface area contributed by atoms with E-state index in [4.69, 9.17) is 0 Å². The van der Waals surface area contributed by atoms with Crippen molar-refractivity contribution in [3.63, 3.8) is 0 Å². The van der Waals surface area contributed by atoms with Crippen LogP contribution in [-0.4, -0.2) is 23.5 Å². The van der Waals surface area contributed by atoms with Crippen LogP contribution in [0.4, 0.5) is 0 Å². The molecule has 2 heterocycles. The molecule has 1 fully saturated rings. The summed E-state index contributed by atoms with van der Waals surface area (Å²) < 4.78 is 0. The predicted octanol–water partition coefficient (Wildman–Crippen LogP) is 2.09. The molecular formula is C11H16N2. The van der Waals surface area contributed by atoms with Gasteiger partial charge in [0.25, 0.3) is 0 Å². The third kappa shape index (κ3) is 1.73. The summed E-state index contributed by atoms with van der Waals surface area (Å²) in [6.07, 6.45) is 5.09. The fraction of sp³-hybridized carbons (Fsp3) is 0.545. The molecular weight excluding hydrogens is 160 g/mol. The molecule has 1 aromatic heterocycles. The molecule has 0 radical (unpaired) electrons. The minimum absolute atomic E-state index is 0.587. The summed E-state index contributed by atoms with van der Waals surface area (Å²) >= 11 is 0. The van der Waals surface area contributed by atoms with Crippen molar-refractivity contribution < 1.29 is 0 Å². The fourth-order valence-corrected chi connectivity index (χ4v) is 2.22. The maximum absolute atomic E-state index is 4.16. The Morgan fingerprint density at radius 3 is 2.92 bits per heavy atom. The molecule has 0 aromatic carbocycles. The van der Waals surface area contributed by atoms with Gasteiger partial charge in [0.1, 0.15) is 0 Å². The van der Waals surface area contributed by atoms with Gasteiger partial charge in [0.05, 0.1) is 0 Å². The van der Waals surface area contributed by atoms with Crippen LogP contribution in [-0.2, 0) is 0 Å². The van der Waals surface area contributed by atoms with Gasteiger partial charge in [0, 0.05) is 25.0 Å². The molecule has 0 amide bonds. The van der Waals surface area contributed by atoms with Gasteiger partial charge in [0.2, 0.25) is 0 Å². The van der Waals surface area contributed by atoms with E-state index >= 15 is 0 Å². The van der Waals surface area contributed by atoms with E-state index < -0.39 is 0 Å². The highest BCUT2D eigenvalue weighted by molar-refractivity contribution is 5.15. The first-order valence-electron chi connectivity index (χ1n) is 4.87. The van der Waals surface area contributed by atoms with Crippen molar-refractivity contribution >= 4 is 0 Å². The Hall–Kier alpha value is -0.890. The molecule has 2 nitrogen and oxygen atoms in total. The fourth-order valence-electron chi connectivity index (χ4n) is 2.22. The van der Waals surface area contributed by atoms with Crippen LogP contribution in [0.5, 0.6) is 0 Å². The lowest BCUT2D eigenvalue weighted by Gasteiger charge is -2.18. The maximum Gasteiger partial charge on any atom is 0.0363 e. The molecule has 1 aromatic rings. The Morgan fingerprint density at radius 2 is 2.38 bits per heavy atom. The molecule has 0 spiro atoms. The third-order valence-electron chi connectivity index (χ3n) is 2.83. The zero-order valence-corrected chi connectivity index (χ0v) is 8.27. The Balaban J connectivity index is 2.18. The van der Waals surface area contributed by atoms with E-state index in [2.05, 4.69) is 29.9 Å². The molecule has 1 aliphatic rings. The second-order valence-corrected chi connectivity index (χ2v) is 4.08. The number of nitrogens with zero attached hydrogens (tertiary/aromatic N) is 2. The summed E-state index contributed by atoms with van der Waals surface area (Å²) in [5, 5.41) is 0. The van der Waals surface area contributed by atoms with Crippen molar-refractivity contribution in [3.05, 3.63) is 30.1 Å². The van der Waals surface area contributed by atoms with Gasteiger partial charge >= 0.3 is 0 Å². The van der Waals surface area contributed by atoms with Crippen LogP contribution in [0.25, 0.3) is 0 Å². The lowest BCUT2D eigenvalue weighted by Crippen LogP contribution is -2.18. The number of pyridine rings is 1. The SMILES string of the molecule is CC1C[C@@H](c2cccnc2)N(C)C1. The predicted molar refractivity (Wildman–Crippen MR) is 53.4 cm³/mol. The van der Waals surface area contributed by atoms with E-state index in [0.29, 0.717) is 6.04 Å². The van der Waals surface area contributed by atoms with Gasteiger partial charge in [0.15, 0.2) is 0 Å². The minimum atomic E-state index is 0.587.